The van der Waals surface area contributed by atoms with Crippen molar-refractivity contribution in [3.63, 3.8) is 0 Å². The van der Waals surface area contributed by atoms with Crippen LogP contribution in [0.1, 0.15) is 18.4 Å². The maximum Gasteiger partial charge on any atom is 0.411 e. The van der Waals surface area contributed by atoms with E-state index in [9.17, 15) is 18.0 Å². The van der Waals surface area contributed by atoms with Gasteiger partial charge >= 0.3 is 6.18 Å². The van der Waals surface area contributed by atoms with Crippen molar-refractivity contribution >= 4 is 18.5 Å². The summed E-state index contributed by atoms with van der Waals surface area (Å²) in [5.41, 5.74) is -1.31. The van der Waals surface area contributed by atoms with Crippen LogP contribution in [-0.2, 0) is 11.2 Å². The fraction of sp³-hybridized carbons (Fsp3) is 0.417. The van der Waals surface area contributed by atoms with Crippen LogP contribution in [0.25, 0.3) is 0 Å². The highest BCUT2D eigenvalue weighted by atomic mass is 32.1. The first-order chi connectivity index (χ1) is 8.32. The van der Waals surface area contributed by atoms with E-state index in [1.807, 2.05) is 0 Å². The zero-order valence-corrected chi connectivity index (χ0v) is 10.3. The van der Waals surface area contributed by atoms with Crippen LogP contribution in [0.2, 0.25) is 0 Å². The summed E-state index contributed by atoms with van der Waals surface area (Å²) in [6.07, 6.45) is -4.47. The number of hydrogen-bond acceptors (Lipinski definition) is 2. The van der Waals surface area contributed by atoms with Crippen molar-refractivity contribution in [1.29, 1.82) is 0 Å². The predicted molar refractivity (Wildman–Crippen MR) is 63.6 cm³/mol. The molecule has 0 saturated heterocycles. The Morgan fingerprint density at radius 2 is 1.83 bits per heavy atom. The molecule has 1 aromatic rings. The third kappa shape index (κ3) is 2.80. The monoisotopic (exact) mass is 275 g/mol. The second-order valence-electron chi connectivity index (χ2n) is 4.47. The lowest BCUT2D eigenvalue weighted by Crippen LogP contribution is -2.48. The predicted octanol–water partition coefficient (Wildman–Crippen LogP) is 2.73. The zero-order valence-electron chi connectivity index (χ0n) is 9.42. The summed E-state index contributed by atoms with van der Waals surface area (Å²) in [5.74, 6) is -0.600. The Kier molecular flexibility index (Phi) is 3.31. The van der Waals surface area contributed by atoms with Crippen molar-refractivity contribution in [1.82, 2.24) is 5.32 Å². The van der Waals surface area contributed by atoms with Gasteiger partial charge in [-0.2, -0.15) is 13.2 Å². The molecule has 1 amide bonds. The molecule has 2 nitrogen and oxygen atoms in total. The molecule has 18 heavy (non-hydrogen) atoms. The number of amides is 1. The Balaban J connectivity index is 1.96. The van der Waals surface area contributed by atoms with Gasteiger partial charge in [-0.3, -0.25) is 4.79 Å². The SMILES string of the molecule is O=C(Cc1ccc(S)cc1)NC1(C(F)(F)F)CC1. The lowest BCUT2D eigenvalue weighted by molar-refractivity contribution is -0.170. The fourth-order valence-corrected chi connectivity index (χ4v) is 1.86. The van der Waals surface area contributed by atoms with Crippen molar-refractivity contribution in [2.24, 2.45) is 0 Å². The molecule has 0 spiro atoms. The molecule has 0 aliphatic heterocycles. The average molecular weight is 275 g/mol. The van der Waals surface area contributed by atoms with Crippen molar-refractivity contribution < 1.29 is 18.0 Å². The van der Waals surface area contributed by atoms with E-state index in [0.29, 0.717) is 5.56 Å². The number of carbonyl (C=O) groups is 1. The fourth-order valence-electron chi connectivity index (χ4n) is 1.71. The molecule has 2 rings (SSSR count). The Bertz CT molecular complexity index is 451. The highest BCUT2D eigenvalue weighted by Crippen LogP contribution is 2.48. The normalized spacial score (nSPS) is 17.3. The highest BCUT2D eigenvalue weighted by Gasteiger charge is 2.64. The number of benzene rings is 1. The molecule has 0 bridgehead atoms. The van der Waals surface area contributed by atoms with E-state index in [4.69, 9.17) is 0 Å². The van der Waals surface area contributed by atoms with Crippen molar-refractivity contribution in [2.45, 2.75) is 35.9 Å². The van der Waals surface area contributed by atoms with Gasteiger partial charge < -0.3 is 5.32 Å². The Hall–Kier alpha value is -1.17. The van der Waals surface area contributed by atoms with Crippen molar-refractivity contribution in [3.8, 4) is 0 Å². The number of hydrogen-bond donors (Lipinski definition) is 2. The van der Waals surface area contributed by atoms with Gasteiger partial charge in [0.1, 0.15) is 5.54 Å². The summed E-state index contributed by atoms with van der Waals surface area (Å²) in [6.45, 7) is 0. The lowest BCUT2D eigenvalue weighted by Gasteiger charge is -2.20. The van der Waals surface area contributed by atoms with Gasteiger partial charge in [0.25, 0.3) is 0 Å². The Morgan fingerprint density at radius 1 is 1.28 bits per heavy atom. The number of rotatable bonds is 3. The van der Waals surface area contributed by atoms with E-state index in [0.717, 1.165) is 4.90 Å². The first kappa shape index (κ1) is 13.3. The summed E-state index contributed by atoms with van der Waals surface area (Å²) >= 11 is 4.09. The topological polar surface area (TPSA) is 29.1 Å². The molecule has 1 saturated carbocycles. The van der Waals surface area contributed by atoms with Crippen LogP contribution >= 0.6 is 12.6 Å². The molecule has 1 aromatic carbocycles. The molecular weight excluding hydrogens is 263 g/mol. The van der Waals surface area contributed by atoms with Crippen LogP contribution in [0, 0.1) is 0 Å². The molecule has 1 aliphatic carbocycles. The van der Waals surface area contributed by atoms with E-state index < -0.39 is 17.6 Å². The average Bonchev–Trinajstić information content (AvgIpc) is 3.01. The van der Waals surface area contributed by atoms with Gasteiger partial charge in [0.2, 0.25) is 5.91 Å². The van der Waals surface area contributed by atoms with E-state index in [1.165, 1.54) is 0 Å². The highest BCUT2D eigenvalue weighted by molar-refractivity contribution is 7.80. The maximum atomic E-state index is 12.6. The Labute approximate surface area is 108 Å². The summed E-state index contributed by atoms with van der Waals surface area (Å²) in [7, 11) is 0. The molecule has 6 heteroatoms. The van der Waals surface area contributed by atoms with E-state index in [2.05, 4.69) is 17.9 Å². The van der Waals surface area contributed by atoms with Crippen LogP contribution in [0.4, 0.5) is 13.2 Å². The van der Waals surface area contributed by atoms with Crippen LogP contribution < -0.4 is 5.32 Å². The summed E-state index contributed by atoms with van der Waals surface area (Å²) < 4.78 is 37.9. The minimum Gasteiger partial charge on any atom is -0.342 e. The second-order valence-corrected chi connectivity index (χ2v) is 4.99. The smallest absolute Gasteiger partial charge is 0.342 e. The minimum atomic E-state index is -4.36. The van der Waals surface area contributed by atoms with Gasteiger partial charge in [-0.05, 0) is 30.5 Å². The van der Waals surface area contributed by atoms with Gasteiger partial charge in [0, 0.05) is 4.90 Å². The van der Waals surface area contributed by atoms with Crippen molar-refractivity contribution in [3.05, 3.63) is 29.8 Å². The number of nitrogens with one attached hydrogen (secondary N) is 1. The van der Waals surface area contributed by atoms with Gasteiger partial charge in [-0.15, -0.1) is 12.6 Å². The standard InChI is InChI=1S/C12H12F3NOS/c13-12(14,15)11(5-6-11)16-10(17)7-8-1-3-9(18)4-2-8/h1-4,18H,5-7H2,(H,16,17). The molecule has 0 heterocycles. The zero-order chi connectivity index (χ0) is 13.4. The molecule has 98 valence electrons. The largest absolute Gasteiger partial charge is 0.411 e. The first-order valence-electron chi connectivity index (χ1n) is 5.48. The number of thiol groups is 1. The van der Waals surface area contributed by atoms with E-state index in [-0.39, 0.29) is 19.3 Å². The first-order valence-corrected chi connectivity index (χ1v) is 5.93. The molecule has 0 aromatic heterocycles. The van der Waals surface area contributed by atoms with Gasteiger partial charge in [-0.25, -0.2) is 0 Å². The van der Waals surface area contributed by atoms with Crippen LogP contribution in [0.3, 0.4) is 0 Å². The molecule has 1 N–H and O–H groups in total. The lowest BCUT2D eigenvalue weighted by atomic mass is 10.1. The van der Waals surface area contributed by atoms with E-state index >= 15 is 0 Å². The third-order valence-corrected chi connectivity index (χ3v) is 3.27. The van der Waals surface area contributed by atoms with Gasteiger partial charge in [0.05, 0.1) is 6.42 Å². The van der Waals surface area contributed by atoms with Gasteiger partial charge in [-0.1, -0.05) is 12.1 Å². The summed E-state index contributed by atoms with van der Waals surface area (Å²) in [6, 6.07) is 6.74. The molecule has 0 unspecified atom stereocenters. The molecule has 1 fully saturated rings. The number of alkyl halides is 3. The van der Waals surface area contributed by atoms with Crippen molar-refractivity contribution in [2.75, 3.05) is 0 Å². The quantitative estimate of drug-likeness (QED) is 0.816. The number of carbonyl (C=O) groups excluding carboxylic acids is 1. The molecular formula is C12H12F3NOS. The second kappa shape index (κ2) is 4.50. The van der Waals surface area contributed by atoms with E-state index in [1.54, 1.807) is 24.3 Å². The Morgan fingerprint density at radius 3 is 2.28 bits per heavy atom. The summed E-state index contributed by atoms with van der Waals surface area (Å²) in [4.78, 5) is 12.3. The van der Waals surface area contributed by atoms with Crippen LogP contribution in [-0.4, -0.2) is 17.6 Å². The van der Waals surface area contributed by atoms with Crippen LogP contribution in [0.15, 0.2) is 29.2 Å². The molecule has 1 aliphatic rings. The summed E-state index contributed by atoms with van der Waals surface area (Å²) in [5, 5.41) is 2.09. The molecule has 0 radical (unpaired) electrons. The van der Waals surface area contributed by atoms with Gasteiger partial charge in [0.15, 0.2) is 0 Å². The molecule has 0 atom stereocenters. The van der Waals surface area contributed by atoms with Crippen LogP contribution in [0.5, 0.6) is 0 Å². The maximum absolute atomic E-state index is 12.6. The third-order valence-electron chi connectivity index (χ3n) is 2.97. The minimum absolute atomic E-state index is 0.0299. The number of halogens is 3.